The number of hydrogen-bond acceptors (Lipinski definition) is 5. The largest absolute Gasteiger partial charge is 0.477 e. The van der Waals surface area contributed by atoms with Crippen LogP contribution < -0.4 is 5.32 Å². The summed E-state index contributed by atoms with van der Waals surface area (Å²) in [5.74, 6) is -0.115. The Morgan fingerprint density at radius 2 is 2.41 bits per heavy atom. The zero-order valence-electron chi connectivity index (χ0n) is 9.27. The molecule has 0 aromatic carbocycles. The molecule has 2 heterocycles. The maximum absolute atomic E-state index is 10.8. The van der Waals surface area contributed by atoms with Crippen molar-refractivity contribution in [2.24, 2.45) is 0 Å². The van der Waals surface area contributed by atoms with Crippen molar-refractivity contribution < 1.29 is 14.4 Å². The van der Waals surface area contributed by atoms with Gasteiger partial charge in [-0.05, 0) is 18.6 Å². The number of carbonyl (C=O) groups is 1. The molecule has 0 radical (unpaired) electrons. The second-order valence-electron chi connectivity index (χ2n) is 3.58. The van der Waals surface area contributed by atoms with Crippen LogP contribution in [0.2, 0.25) is 0 Å². The molecule has 17 heavy (non-hydrogen) atoms. The van der Waals surface area contributed by atoms with Gasteiger partial charge in [-0.2, -0.15) is 0 Å². The molecule has 2 rings (SSSR count). The first-order chi connectivity index (χ1) is 8.16. The minimum Gasteiger partial charge on any atom is -0.477 e. The van der Waals surface area contributed by atoms with E-state index in [0.29, 0.717) is 18.0 Å². The lowest BCUT2D eigenvalue weighted by atomic mass is 10.2. The van der Waals surface area contributed by atoms with Crippen LogP contribution in [0.15, 0.2) is 22.9 Å². The van der Waals surface area contributed by atoms with Gasteiger partial charge in [0.15, 0.2) is 0 Å². The predicted molar refractivity (Wildman–Crippen MR) is 63.1 cm³/mol. The molecule has 0 saturated carbocycles. The molecule has 0 saturated heterocycles. The third kappa shape index (κ3) is 2.92. The Kier molecular flexibility index (Phi) is 3.55. The van der Waals surface area contributed by atoms with E-state index in [1.807, 2.05) is 6.92 Å². The van der Waals surface area contributed by atoms with E-state index >= 15 is 0 Å². The Bertz CT molecular complexity index is 505. The van der Waals surface area contributed by atoms with Crippen LogP contribution in [0.5, 0.6) is 0 Å². The van der Waals surface area contributed by atoms with Crippen LogP contribution in [-0.2, 0) is 13.1 Å². The first-order valence-electron chi connectivity index (χ1n) is 5.09. The Morgan fingerprint density at radius 1 is 1.59 bits per heavy atom. The van der Waals surface area contributed by atoms with Gasteiger partial charge in [-0.15, -0.1) is 11.3 Å². The summed E-state index contributed by atoms with van der Waals surface area (Å²) in [7, 11) is 0. The van der Waals surface area contributed by atoms with Crippen molar-refractivity contribution >= 4 is 17.3 Å². The molecule has 2 N–H and O–H groups in total. The molecule has 0 bridgehead atoms. The summed E-state index contributed by atoms with van der Waals surface area (Å²) in [6.45, 7) is 3.12. The molecule has 6 heteroatoms. The lowest BCUT2D eigenvalue weighted by molar-refractivity contribution is 0.0702. The molecule has 0 fully saturated rings. The highest BCUT2D eigenvalue weighted by molar-refractivity contribution is 7.14. The Labute approximate surface area is 102 Å². The van der Waals surface area contributed by atoms with Gasteiger partial charge in [0.05, 0.1) is 12.7 Å². The van der Waals surface area contributed by atoms with Gasteiger partial charge in [0, 0.05) is 17.5 Å². The number of aromatic carboxylic acids is 1. The fourth-order valence-electron chi connectivity index (χ4n) is 1.45. The topological polar surface area (TPSA) is 75.4 Å². The van der Waals surface area contributed by atoms with E-state index in [1.54, 1.807) is 18.3 Å². The number of hydrogen-bond donors (Lipinski definition) is 2. The lowest BCUT2D eigenvalue weighted by Gasteiger charge is -2.00. The van der Waals surface area contributed by atoms with Crippen molar-refractivity contribution in [1.29, 1.82) is 0 Å². The Morgan fingerprint density at radius 3 is 3.00 bits per heavy atom. The zero-order valence-corrected chi connectivity index (χ0v) is 10.1. The third-order valence-corrected chi connectivity index (χ3v) is 3.42. The van der Waals surface area contributed by atoms with Crippen LogP contribution in [0, 0.1) is 6.92 Å². The van der Waals surface area contributed by atoms with E-state index < -0.39 is 5.97 Å². The minimum atomic E-state index is -0.875. The highest BCUT2D eigenvalue weighted by Gasteiger charge is 2.10. The van der Waals surface area contributed by atoms with Crippen LogP contribution >= 0.6 is 11.3 Å². The molecule has 0 aliphatic heterocycles. The van der Waals surface area contributed by atoms with Crippen LogP contribution in [0.4, 0.5) is 0 Å². The highest BCUT2D eigenvalue weighted by atomic mass is 32.1. The molecular formula is C11H12N2O3S. The number of nitrogens with zero attached hydrogens (tertiary/aromatic N) is 1. The molecule has 0 spiro atoms. The second-order valence-corrected chi connectivity index (χ2v) is 4.84. The molecule has 90 valence electrons. The van der Waals surface area contributed by atoms with E-state index in [9.17, 15) is 4.79 Å². The van der Waals surface area contributed by atoms with Crippen molar-refractivity contribution in [3.05, 3.63) is 39.4 Å². The SMILES string of the molecule is Cc1sc(C(=O)O)cc1CNCc1ccno1. The molecule has 0 unspecified atom stereocenters. The van der Waals surface area contributed by atoms with Gasteiger partial charge in [0.2, 0.25) is 0 Å². The molecule has 5 nitrogen and oxygen atoms in total. The smallest absolute Gasteiger partial charge is 0.345 e. The predicted octanol–water partition coefficient (Wildman–Crippen LogP) is 2.03. The molecule has 0 aliphatic carbocycles. The highest BCUT2D eigenvalue weighted by Crippen LogP contribution is 2.21. The number of nitrogens with one attached hydrogen (secondary N) is 1. The van der Waals surface area contributed by atoms with Crippen molar-refractivity contribution in [2.45, 2.75) is 20.0 Å². The van der Waals surface area contributed by atoms with Gasteiger partial charge in [-0.1, -0.05) is 5.16 Å². The van der Waals surface area contributed by atoms with Gasteiger partial charge in [0.25, 0.3) is 0 Å². The molecular weight excluding hydrogens is 240 g/mol. The van der Waals surface area contributed by atoms with Crippen LogP contribution in [0.25, 0.3) is 0 Å². The third-order valence-electron chi connectivity index (χ3n) is 2.34. The fourth-order valence-corrected chi connectivity index (χ4v) is 2.33. The number of carboxylic acids is 1. The number of thiophene rings is 1. The van der Waals surface area contributed by atoms with Crippen molar-refractivity contribution in [1.82, 2.24) is 10.5 Å². The summed E-state index contributed by atoms with van der Waals surface area (Å²) in [6.07, 6.45) is 1.59. The number of carboxylic acid groups (broad SMARTS) is 1. The van der Waals surface area contributed by atoms with Crippen molar-refractivity contribution in [3.8, 4) is 0 Å². The Balaban J connectivity index is 1.92. The van der Waals surface area contributed by atoms with E-state index in [1.165, 1.54) is 11.3 Å². The normalized spacial score (nSPS) is 10.6. The number of aromatic nitrogens is 1. The van der Waals surface area contributed by atoms with Gasteiger partial charge in [0.1, 0.15) is 10.6 Å². The first-order valence-corrected chi connectivity index (χ1v) is 5.91. The average molecular weight is 252 g/mol. The summed E-state index contributed by atoms with van der Waals surface area (Å²) < 4.78 is 4.94. The standard InChI is InChI=1S/C11H12N2O3S/c1-7-8(4-10(17-7)11(14)15)5-12-6-9-2-3-13-16-9/h2-4,12H,5-6H2,1H3,(H,14,15). The maximum Gasteiger partial charge on any atom is 0.345 e. The molecule has 0 atom stereocenters. The van der Waals surface area contributed by atoms with Crippen molar-refractivity contribution in [3.63, 3.8) is 0 Å². The van der Waals surface area contributed by atoms with Gasteiger partial charge in [-0.3, -0.25) is 0 Å². The van der Waals surface area contributed by atoms with Crippen LogP contribution in [0.1, 0.15) is 25.9 Å². The first kappa shape index (κ1) is 11.8. The zero-order chi connectivity index (χ0) is 12.3. The van der Waals surface area contributed by atoms with E-state index in [-0.39, 0.29) is 0 Å². The number of aryl methyl sites for hydroxylation is 1. The van der Waals surface area contributed by atoms with Gasteiger partial charge in [-0.25, -0.2) is 4.79 Å². The summed E-state index contributed by atoms with van der Waals surface area (Å²) >= 11 is 1.30. The second kappa shape index (κ2) is 5.11. The van der Waals surface area contributed by atoms with E-state index in [0.717, 1.165) is 16.2 Å². The van der Waals surface area contributed by atoms with Gasteiger partial charge >= 0.3 is 5.97 Å². The fraction of sp³-hybridized carbons (Fsp3) is 0.273. The molecule has 2 aromatic rings. The molecule has 0 aliphatic rings. The monoisotopic (exact) mass is 252 g/mol. The van der Waals surface area contributed by atoms with Crippen LogP contribution in [0.3, 0.4) is 0 Å². The number of rotatable bonds is 5. The summed E-state index contributed by atoms with van der Waals surface area (Å²) in [5.41, 5.74) is 1.01. The van der Waals surface area contributed by atoms with Gasteiger partial charge < -0.3 is 14.9 Å². The van der Waals surface area contributed by atoms with Crippen molar-refractivity contribution in [2.75, 3.05) is 0 Å². The minimum absolute atomic E-state index is 0.374. The maximum atomic E-state index is 10.8. The lowest BCUT2D eigenvalue weighted by Crippen LogP contribution is -2.12. The average Bonchev–Trinajstić information content (AvgIpc) is 2.89. The Hall–Kier alpha value is -1.66. The van der Waals surface area contributed by atoms with E-state index in [2.05, 4.69) is 10.5 Å². The summed E-state index contributed by atoms with van der Waals surface area (Å²) in [4.78, 5) is 12.2. The summed E-state index contributed by atoms with van der Waals surface area (Å²) in [6, 6.07) is 3.49. The quantitative estimate of drug-likeness (QED) is 0.851. The summed E-state index contributed by atoms with van der Waals surface area (Å²) in [5, 5.41) is 15.6. The van der Waals surface area contributed by atoms with Crippen LogP contribution in [-0.4, -0.2) is 16.2 Å². The molecule has 0 amide bonds. The molecule has 2 aromatic heterocycles. The van der Waals surface area contributed by atoms with E-state index in [4.69, 9.17) is 9.63 Å².